The summed E-state index contributed by atoms with van der Waals surface area (Å²) in [4.78, 5) is 27.8. The van der Waals surface area contributed by atoms with Crippen molar-refractivity contribution < 1.29 is 32.2 Å². The van der Waals surface area contributed by atoms with E-state index in [1.54, 1.807) is 22.4 Å². The highest BCUT2D eigenvalue weighted by molar-refractivity contribution is 8.25. The first-order valence-electron chi connectivity index (χ1n) is 11.5. The van der Waals surface area contributed by atoms with Crippen LogP contribution in [-0.4, -0.2) is 64.9 Å². The van der Waals surface area contributed by atoms with E-state index in [2.05, 4.69) is 5.32 Å². The van der Waals surface area contributed by atoms with Gasteiger partial charge in [-0.05, 0) is 36.1 Å². The summed E-state index contributed by atoms with van der Waals surface area (Å²) in [5.74, 6) is -0.321. The summed E-state index contributed by atoms with van der Waals surface area (Å²) in [7, 11) is -2.40. The van der Waals surface area contributed by atoms with E-state index >= 15 is 8.78 Å². The second-order valence-electron chi connectivity index (χ2n) is 9.28. The van der Waals surface area contributed by atoms with Crippen molar-refractivity contribution in [3.63, 3.8) is 0 Å². The number of nitrogens with zero attached hydrogens (tertiary/aromatic N) is 2. The van der Waals surface area contributed by atoms with Crippen LogP contribution in [0.15, 0.2) is 29.6 Å². The number of rotatable bonds is 6. The van der Waals surface area contributed by atoms with Crippen LogP contribution in [0.2, 0.25) is 0 Å². The van der Waals surface area contributed by atoms with Gasteiger partial charge in [0.2, 0.25) is 0 Å². The lowest BCUT2D eigenvalue weighted by atomic mass is 9.85. The van der Waals surface area contributed by atoms with E-state index in [1.807, 2.05) is 0 Å². The number of halogens is 2. The number of ether oxygens (including phenoxy) is 1. The van der Waals surface area contributed by atoms with Gasteiger partial charge in [0.15, 0.2) is 11.6 Å². The molecule has 3 N–H and O–H groups in total. The smallest absolute Gasteiger partial charge is 0.414 e. The molecule has 3 saturated heterocycles. The zero-order valence-corrected chi connectivity index (χ0v) is 20.5. The minimum Gasteiger partial charge on any atom is -0.442 e. The second-order valence-corrected chi connectivity index (χ2v) is 12.5. The van der Waals surface area contributed by atoms with Gasteiger partial charge >= 0.3 is 6.09 Å². The van der Waals surface area contributed by atoms with Gasteiger partial charge in [0.1, 0.15) is 11.8 Å². The molecule has 1 unspecified atom stereocenters. The summed E-state index contributed by atoms with van der Waals surface area (Å²) in [5, 5.41) is 4.49. The van der Waals surface area contributed by atoms with Crippen LogP contribution in [0.3, 0.4) is 0 Å². The molecule has 3 aliphatic heterocycles. The number of anilines is 2. The molecule has 1 aromatic carbocycles. The third-order valence-corrected chi connectivity index (χ3v) is 9.70. The van der Waals surface area contributed by atoms with E-state index in [4.69, 9.17) is 4.74 Å². The number of carbonyl (C=O) groups excluding carboxylic acids is 2. The lowest BCUT2D eigenvalue weighted by molar-refractivity contribution is 0.0920. The van der Waals surface area contributed by atoms with Crippen LogP contribution >= 0.6 is 21.9 Å². The summed E-state index contributed by atoms with van der Waals surface area (Å²) in [6.45, 7) is 1.11. The first-order valence-corrected chi connectivity index (χ1v) is 14.2. The molecule has 190 valence electrons. The minimum atomic E-state index is -2.40. The van der Waals surface area contributed by atoms with E-state index in [0.29, 0.717) is 35.4 Å². The van der Waals surface area contributed by atoms with E-state index in [-0.39, 0.29) is 36.3 Å². The Morgan fingerprint density at radius 2 is 1.86 bits per heavy atom. The van der Waals surface area contributed by atoms with Gasteiger partial charge in [-0.3, -0.25) is 18.8 Å². The number of hydrogen-bond acceptors (Lipinski definition) is 7. The number of carbonyl (C=O) groups is 2. The zero-order valence-electron chi connectivity index (χ0n) is 18.9. The van der Waals surface area contributed by atoms with Gasteiger partial charge < -0.3 is 15.0 Å². The topological polar surface area (TPSA) is 102 Å². The SMILES string of the molecule is O=C(NCC1CN(c2cc(F)c(N3CCC(C4CS(O)(O)C4)CC3)c(F)c2)C(=O)O1)c1cccs1. The average molecular weight is 528 g/mol. The fourth-order valence-corrected chi connectivity index (χ4v) is 7.51. The van der Waals surface area contributed by atoms with Crippen molar-refractivity contribution in [3.8, 4) is 0 Å². The zero-order chi connectivity index (χ0) is 24.7. The van der Waals surface area contributed by atoms with Crippen LogP contribution in [0.4, 0.5) is 25.0 Å². The van der Waals surface area contributed by atoms with Crippen molar-refractivity contribution >= 4 is 45.3 Å². The predicted molar refractivity (Wildman–Crippen MR) is 132 cm³/mol. The Balaban J connectivity index is 1.19. The third kappa shape index (κ3) is 5.11. The van der Waals surface area contributed by atoms with Gasteiger partial charge in [-0.2, -0.15) is 10.6 Å². The molecule has 0 spiro atoms. The Morgan fingerprint density at radius 1 is 1.17 bits per heavy atom. The maximum Gasteiger partial charge on any atom is 0.414 e. The maximum atomic E-state index is 15.0. The third-order valence-electron chi connectivity index (χ3n) is 6.91. The molecule has 0 bridgehead atoms. The normalized spacial score (nSPS) is 23.7. The van der Waals surface area contributed by atoms with E-state index in [1.165, 1.54) is 16.2 Å². The number of cyclic esters (lactones) is 1. The van der Waals surface area contributed by atoms with Crippen LogP contribution in [-0.2, 0) is 4.74 Å². The lowest BCUT2D eigenvalue weighted by Gasteiger charge is -2.51. The number of amides is 2. The molecule has 2 aromatic rings. The molecule has 2 amide bonds. The monoisotopic (exact) mass is 527 g/mol. The highest BCUT2D eigenvalue weighted by Crippen LogP contribution is 2.55. The van der Waals surface area contributed by atoms with Gasteiger partial charge in [-0.15, -0.1) is 11.3 Å². The highest BCUT2D eigenvalue weighted by Gasteiger charge is 2.40. The summed E-state index contributed by atoms with van der Waals surface area (Å²) in [6, 6.07) is 5.72. The van der Waals surface area contributed by atoms with Gasteiger partial charge in [-0.1, -0.05) is 6.07 Å². The molecule has 4 heterocycles. The summed E-state index contributed by atoms with van der Waals surface area (Å²) >= 11 is 1.30. The molecule has 0 saturated carbocycles. The number of piperidine rings is 1. The van der Waals surface area contributed by atoms with Crippen molar-refractivity contribution in [2.75, 3.05) is 47.5 Å². The number of nitrogens with one attached hydrogen (secondary N) is 1. The quantitative estimate of drug-likeness (QED) is 0.516. The number of hydrogen-bond donors (Lipinski definition) is 3. The molecule has 0 radical (unpaired) electrons. The molecular weight excluding hydrogens is 500 g/mol. The molecular formula is C23H27F2N3O5S2. The van der Waals surface area contributed by atoms with Crippen LogP contribution < -0.4 is 15.1 Å². The highest BCUT2D eigenvalue weighted by atomic mass is 32.3. The second kappa shape index (κ2) is 9.57. The fourth-order valence-electron chi connectivity index (χ4n) is 5.05. The van der Waals surface area contributed by atoms with Crippen LogP contribution in [0.1, 0.15) is 22.5 Å². The molecule has 12 heteroatoms. The molecule has 35 heavy (non-hydrogen) atoms. The molecule has 8 nitrogen and oxygen atoms in total. The van der Waals surface area contributed by atoms with Gasteiger partial charge in [0.25, 0.3) is 5.91 Å². The Hall–Kier alpha value is -2.41. The Kier molecular flexibility index (Phi) is 6.64. The van der Waals surface area contributed by atoms with E-state index in [9.17, 15) is 18.7 Å². The Labute approximate surface area is 207 Å². The van der Waals surface area contributed by atoms with Gasteiger partial charge in [0, 0.05) is 36.7 Å². The van der Waals surface area contributed by atoms with Crippen molar-refractivity contribution in [1.29, 1.82) is 0 Å². The van der Waals surface area contributed by atoms with Gasteiger partial charge in [0.05, 0.1) is 23.7 Å². The minimum absolute atomic E-state index is 0.0633. The molecule has 0 aliphatic carbocycles. The van der Waals surface area contributed by atoms with Gasteiger partial charge in [-0.25, -0.2) is 13.6 Å². The van der Waals surface area contributed by atoms with Crippen molar-refractivity contribution in [2.45, 2.75) is 18.9 Å². The van der Waals surface area contributed by atoms with E-state index in [0.717, 1.165) is 25.0 Å². The van der Waals surface area contributed by atoms with Crippen LogP contribution in [0, 0.1) is 23.5 Å². The standard InChI is InChI=1S/C23H27F2N3O5S2/c24-18-8-16(28-11-17(33-23(28)30)10-26-22(29)20-2-1-7-34-20)9-19(25)21(18)27-5-3-14(4-6-27)15-12-35(31,32)13-15/h1-2,7-9,14-15,17,31-32H,3-6,10-13H2,(H,26,29). The fraction of sp³-hybridized carbons (Fsp3) is 0.478. The average Bonchev–Trinajstić information content (AvgIpc) is 3.46. The molecule has 1 aromatic heterocycles. The maximum absolute atomic E-state index is 15.0. The van der Waals surface area contributed by atoms with Crippen LogP contribution in [0.5, 0.6) is 0 Å². The molecule has 5 rings (SSSR count). The molecule has 1 atom stereocenters. The van der Waals surface area contributed by atoms with E-state index < -0.39 is 34.4 Å². The Bertz CT molecular complexity index is 1080. The summed E-state index contributed by atoms with van der Waals surface area (Å²) in [6.07, 6.45) is 0.108. The summed E-state index contributed by atoms with van der Waals surface area (Å²) < 4.78 is 54.6. The van der Waals surface area contributed by atoms with Crippen molar-refractivity contribution in [3.05, 3.63) is 46.2 Å². The predicted octanol–water partition coefficient (Wildman–Crippen LogP) is 4.38. The number of thiophene rings is 1. The van der Waals surface area contributed by atoms with Crippen molar-refractivity contribution in [2.24, 2.45) is 11.8 Å². The van der Waals surface area contributed by atoms with Crippen molar-refractivity contribution in [1.82, 2.24) is 5.32 Å². The molecule has 3 fully saturated rings. The van der Waals surface area contributed by atoms with Crippen LogP contribution in [0.25, 0.3) is 0 Å². The summed E-state index contributed by atoms with van der Waals surface area (Å²) in [5.41, 5.74) is -0.0483. The first kappa shape index (κ1) is 24.3. The largest absolute Gasteiger partial charge is 0.442 e. The lowest BCUT2D eigenvalue weighted by Crippen LogP contribution is -2.44. The molecule has 3 aliphatic rings. The first-order chi connectivity index (χ1) is 16.7. The number of benzene rings is 1. The Morgan fingerprint density at radius 3 is 2.46 bits per heavy atom.